The summed E-state index contributed by atoms with van der Waals surface area (Å²) in [5, 5.41) is 12.2. The van der Waals surface area contributed by atoms with Crippen LogP contribution in [-0.4, -0.2) is 49.4 Å². The summed E-state index contributed by atoms with van der Waals surface area (Å²) in [4.78, 5) is 26.4. The molecule has 0 saturated carbocycles. The largest absolute Gasteiger partial charge is 0.494 e. The fourth-order valence-electron chi connectivity index (χ4n) is 4.04. The summed E-state index contributed by atoms with van der Waals surface area (Å²) in [6, 6.07) is 12.9. The minimum atomic E-state index is -0.801. The van der Waals surface area contributed by atoms with Gasteiger partial charge in [0.15, 0.2) is 0 Å². The molecule has 0 aromatic heterocycles. The molecule has 8 nitrogen and oxygen atoms in total. The number of carbonyl (C=O) groups excluding carboxylic acids is 1. The van der Waals surface area contributed by atoms with E-state index in [1.54, 1.807) is 40.2 Å². The summed E-state index contributed by atoms with van der Waals surface area (Å²) in [5.74, 6) is 0.990. The molecule has 0 fully saturated rings. The number of rotatable bonds is 17. The maximum Gasteiger partial charge on any atom is 0.322 e. The van der Waals surface area contributed by atoms with Crippen molar-refractivity contribution in [2.24, 2.45) is 5.41 Å². The van der Waals surface area contributed by atoms with Gasteiger partial charge in [0.25, 0.3) is 0 Å². The smallest absolute Gasteiger partial charge is 0.322 e. The molecule has 0 bridgehead atoms. The van der Waals surface area contributed by atoms with Crippen molar-refractivity contribution in [1.29, 1.82) is 0 Å². The fourth-order valence-corrected chi connectivity index (χ4v) is 4.04. The number of hydrogen-bond donors (Lipinski definition) is 2. The number of carboxylic acids is 1. The molecule has 2 amide bonds. The van der Waals surface area contributed by atoms with Gasteiger partial charge in [-0.1, -0.05) is 50.8 Å². The van der Waals surface area contributed by atoms with Crippen LogP contribution in [0.25, 0.3) is 0 Å². The maximum absolute atomic E-state index is 13.4. The van der Waals surface area contributed by atoms with Gasteiger partial charge in [0.05, 0.1) is 26.2 Å². The molecule has 0 aliphatic rings. The van der Waals surface area contributed by atoms with E-state index in [-0.39, 0.29) is 6.03 Å². The second kappa shape index (κ2) is 15.7. The van der Waals surface area contributed by atoms with Gasteiger partial charge >= 0.3 is 12.0 Å². The Morgan fingerprint density at radius 1 is 0.921 bits per heavy atom. The van der Waals surface area contributed by atoms with Crippen LogP contribution >= 0.6 is 0 Å². The molecule has 0 atom stereocenters. The Kier molecular flexibility index (Phi) is 12.8. The summed E-state index contributed by atoms with van der Waals surface area (Å²) in [6.45, 7) is 7.15. The third kappa shape index (κ3) is 9.80. The molecule has 0 unspecified atom stereocenters. The van der Waals surface area contributed by atoms with Gasteiger partial charge in [0.1, 0.15) is 22.9 Å². The van der Waals surface area contributed by atoms with Crippen molar-refractivity contribution in [2.75, 3.05) is 32.7 Å². The van der Waals surface area contributed by atoms with Crippen LogP contribution in [-0.2, 0) is 11.3 Å². The average Bonchev–Trinajstić information content (AvgIpc) is 2.91. The Balaban J connectivity index is 2.04. The number of methoxy groups -OCH3 is 2. The highest BCUT2D eigenvalue weighted by Gasteiger charge is 2.26. The highest BCUT2D eigenvalue weighted by Crippen LogP contribution is 2.34. The number of amides is 2. The van der Waals surface area contributed by atoms with Crippen LogP contribution in [0.15, 0.2) is 42.5 Å². The molecule has 0 spiro atoms. The second-order valence-corrected chi connectivity index (χ2v) is 10.1. The molecule has 2 N–H and O–H groups in total. The number of para-hydroxylation sites is 1. The zero-order valence-electron chi connectivity index (χ0n) is 23.5. The molecule has 0 saturated heterocycles. The lowest BCUT2D eigenvalue weighted by Crippen LogP contribution is -2.35. The Morgan fingerprint density at radius 3 is 2.13 bits per heavy atom. The lowest BCUT2D eigenvalue weighted by molar-refractivity contribution is -0.147. The SMILES string of the molecule is CCCCCCCN(Cc1ccc(OCCCC(C)(C)C(=O)O)cc1)C(=O)Nc1c(OC)cccc1OC. The van der Waals surface area contributed by atoms with E-state index in [4.69, 9.17) is 14.2 Å². The number of carboxylic acid groups (broad SMARTS) is 1. The van der Waals surface area contributed by atoms with Crippen molar-refractivity contribution in [3.8, 4) is 17.2 Å². The van der Waals surface area contributed by atoms with E-state index in [0.717, 1.165) is 30.6 Å². The van der Waals surface area contributed by atoms with Gasteiger partial charge in [0, 0.05) is 13.1 Å². The van der Waals surface area contributed by atoms with Crippen molar-refractivity contribution in [1.82, 2.24) is 4.90 Å². The predicted molar refractivity (Wildman–Crippen MR) is 150 cm³/mol. The quantitative estimate of drug-likeness (QED) is 0.215. The van der Waals surface area contributed by atoms with E-state index in [9.17, 15) is 14.7 Å². The molecular weight excluding hydrogens is 484 g/mol. The predicted octanol–water partition coefficient (Wildman–Crippen LogP) is 6.98. The molecule has 0 radical (unpaired) electrons. The van der Waals surface area contributed by atoms with Crippen LogP contribution in [0.5, 0.6) is 17.2 Å². The first-order valence-electron chi connectivity index (χ1n) is 13.4. The molecule has 2 aromatic carbocycles. The molecule has 0 heterocycles. The summed E-state index contributed by atoms with van der Waals surface area (Å²) >= 11 is 0. The third-order valence-corrected chi connectivity index (χ3v) is 6.57. The lowest BCUT2D eigenvalue weighted by Gasteiger charge is -2.24. The first kappa shape index (κ1) is 30.8. The number of urea groups is 1. The maximum atomic E-state index is 13.4. The number of aliphatic carboxylic acids is 1. The number of nitrogens with one attached hydrogen (secondary N) is 1. The molecular formula is C30H44N2O6. The number of carbonyl (C=O) groups is 2. The summed E-state index contributed by atoms with van der Waals surface area (Å²) in [7, 11) is 3.12. The van der Waals surface area contributed by atoms with Crippen molar-refractivity contribution >= 4 is 17.7 Å². The van der Waals surface area contributed by atoms with Gasteiger partial charge < -0.3 is 29.5 Å². The number of anilines is 1. The van der Waals surface area contributed by atoms with Gasteiger partial charge in [0.2, 0.25) is 0 Å². The van der Waals surface area contributed by atoms with Gasteiger partial charge in [-0.25, -0.2) is 4.79 Å². The lowest BCUT2D eigenvalue weighted by atomic mass is 9.88. The standard InChI is InChI=1S/C30H44N2O6/c1-6-7-8-9-10-20-32(29(35)31-27-25(36-4)13-11-14-26(27)37-5)22-23-15-17-24(18-16-23)38-21-12-19-30(2,3)28(33)34/h11,13-18H,6-10,12,19-22H2,1-5H3,(H,31,35)(H,33,34). The Hall–Kier alpha value is -3.42. The Morgan fingerprint density at radius 2 is 1.55 bits per heavy atom. The number of benzene rings is 2. The van der Waals surface area contributed by atoms with Gasteiger partial charge in [-0.05, 0) is 62.9 Å². The van der Waals surface area contributed by atoms with Crippen molar-refractivity contribution < 1.29 is 28.9 Å². The normalized spacial score (nSPS) is 11.1. The number of ether oxygens (including phenoxy) is 3. The van der Waals surface area contributed by atoms with Crippen molar-refractivity contribution in [3.05, 3.63) is 48.0 Å². The minimum Gasteiger partial charge on any atom is -0.494 e. The molecule has 2 aromatic rings. The summed E-state index contributed by atoms with van der Waals surface area (Å²) in [6.07, 6.45) is 6.70. The molecule has 8 heteroatoms. The minimum absolute atomic E-state index is 0.218. The zero-order valence-corrected chi connectivity index (χ0v) is 23.5. The Bertz CT molecular complexity index is 984. The van der Waals surface area contributed by atoms with Crippen LogP contribution < -0.4 is 19.5 Å². The first-order valence-corrected chi connectivity index (χ1v) is 13.4. The fraction of sp³-hybridized carbons (Fsp3) is 0.533. The van der Waals surface area contributed by atoms with E-state index in [1.165, 1.54) is 12.8 Å². The highest BCUT2D eigenvalue weighted by atomic mass is 16.5. The molecule has 2 rings (SSSR count). The Labute approximate surface area is 227 Å². The van der Waals surface area contributed by atoms with E-state index >= 15 is 0 Å². The zero-order chi connectivity index (χ0) is 28.0. The van der Waals surface area contributed by atoms with Gasteiger partial charge in [-0.3, -0.25) is 4.79 Å². The van der Waals surface area contributed by atoms with Gasteiger partial charge in [-0.15, -0.1) is 0 Å². The molecule has 0 aliphatic heterocycles. The van der Waals surface area contributed by atoms with Crippen LogP contribution in [0, 0.1) is 5.41 Å². The second-order valence-electron chi connectivity index (χ2n) is 10.1. The van der Waals surface area contributed by atoms with Gasteiger partial charge in [-0.2, -0.15) is 0 Å². The van der Waals surface area contributed by atoms with E-state index in [1.807, 2.05) is 35.2 Å². The number of nitrogens with zero attached hydrogens (tertiary/aromatic N) is 1. The first-order chi connectivity index (χ1) is 18.2. The molecule has 210 valence electrons. The third-order valence-electron chi connectivity index (χ3n) is 6.57. The van der Waals surface area contributed by atoms with Crippen molar-refractivity contribution in [3.63, 3.8) is 0 Å². The summed E-state index contributed by atoms with van der Waals surface area (Å²) < 4.78 is 16.7. The van der Waals surface area contributed by atoms with E-state index < -0.39 is 11.4 Å². The number of hydrogen-bond acceptors (Lipinski definition) is 5. The molecule has 0 aliphatic carbocycles. The van der Waals surface area contributed by atoms with Crippen LogP contribution in [0.3, 0.4) is 0 Å². The van der Waals surface area contributed by atoms with E-state index in [0.29, 0.717) is 49.7 Å². The average molecular weight is 529 g/mol. The number of unbranched alkanes of at least 4 members (excludes halogenated alkanes) is 4. The van der Waals surface area contributed by atoms with Crippen LogP contribution in [0.1, 0.15) is 71.3 Å². The van der Waals surface area contributed by atoms with E-state index in [2.05, 4.69) is 12.2 Å². The molecule has 38 heavy (non-hydrogen) atoms. The van der Waals surface area contributed by atoms with Crippen LogP contribution in [0.4, 0.5) is 10.5 Å². The monoisotopic (exact) mass is 528 g/mol. The van der Waals surface area contributed by atoms with Crippen molar-refractivity contribution in [2.45, 2.75) is 72.3 Å². The highest BCUT2D eigenvalue weighted by molar-refractivity contribution is 5.93. The topological polar surface area (TPSA) is 97.3 Å². The summed E-state index contributed by atoms with van der Waals surface area (Å²) in [5.41, 5.74) is 0.732. The van der Waals surface area contributed by atoms with Crippen LogP contribution in [0.2, 0.25) is 0 Å².